The molecule has 10 nitrogen and oxygen atoms in total. The van der Waals surface area contributed by atoms with Gasteiger partial charge in [0.1, 0.15) is 5.75 Å². The van der Waals surface area contributed by atoms with E-state index in [-0.39, 0.29) is 29.7 Å². The third-order valence-electron chi connectivity index (χ3n) is 9.17. The van der Waals surface area contributed by atoms with Crippen LogP contribution in [0.5, 0.6) is 5.75 Å². The van der Waals surface area contributed by atoms with E-state index in [4.69, 9.17) is 5.73 Å². The zero-order chi connectivity index (χ0) is 30.0. The first kappa shape index (κ1) is 28.7. The second-order valence-electron chi connectivity index (χ2n) is 12.1. The molecule has 1 amide bonds. The summed E-state index contributed by atoms with van der Waals surface area (Å²) >= 11 is 0. The summed E-state index contributed by atoms with van der Waals surface area (Å²) in [6.45, 7) is 0. The van der Waals surface area contributed by atoms with Gasteiger partial charge in [0.05, 0.1) is 23.1 Å². The molecule has 41 heavy (non-hydrogen) atoms. The average Bonchev–Trinajstić information content (AvgIpc) is 2.90. The molecule has 216 valence electrons. The van der Waals surface area contributed by atoms with E-state index in [0.29, 0.717) is 11.3 Å². The number of hydrogen-bond donors (Lipinski definition) is 3. The van der Waals surface area contributed by atoms with Gasteiger partial charge in [0.15, 0.2) is 34.7 Å². The number of amides is 1. The van der Waals surface area contributed by atoms with Gasteiger partial charge in [0.2, 0.25) is 5.91 Å². The number of ketones is 4. The number of nitrogens with zero attached hydrogens (tertiary/aromatic N) is 2. The third-order valence-corrected chi connectivity index (χ3v) is 9.17. The van der Waals surface area contributed by atoms with Gasteiger partial charge in [0, 0.05) is 25.7 Å². The van der Waals surface area contributed by atoms with Crippen molar-refractivity contribution in [3.63, 3.8) is 0 Å². The van der Waals surface area contributed by atoms with Crippen molar-refractivity contribution in [1.29, 1.82) is 0 Å². The van der Waals surface area contributed by atoms with Gasteiger partial charge in [0.25, 0.3) is 0 Å². The van der Waals surface area contributed by atoms with Crippen LogP contribution in [-0.4, -0.2) is 84.0 Å². The number of primary amides is 1. The Morgan fingerprint density at radius 2 is 1.78 bits per heavy atom. The normalized spacial score (nSPS) is 31.0. The summed E-state index contributed by atoms with van der Waals surface area (Å²) in [6, 6.07) is 0.595. The maximum atomic E-state index is 14.1. The van der Waals surface area contributed by atoms with E-state index in [1.165, 1.54) is 4.90 Å². The number of carbonyl (C=O) groups excluding carboxylic acids is 5. The Morgan fingerprint density at radius 3 is 2.37 bits per heavy atom. The summed E-state index contributed by atoms with van der Waals surface area (Å²) in [5, 5.41) is 23.1. The molecular formula is C31H35N3O7. The van der Waals surface area contributed by atoms with Gasteiger partial charge >= 0.3 is 0 Å². The Morgan fingerprint density at radius 1 is 1.07 bits per heavy atom. The van der Waals surface area contributed by atoms with Crippen LogP contribution >= 0.6 is 0 Å². The summed E-state index contributed by atoms with van der Waals surface area (Å²) in [4.78, 5) is 70.2. The first-order valence-electron chi connectivity index (χ1n) is 13.9. The van der Waals surface area contributed by atoms with Gasteiger partial charge in [-0.2, -0.15) is 0 Å². The summed E-state index contributed by atoms with van der Waals surface area (Å²) < 4.78 is 0. The van der Waals surface area contributed by atoms with Gasteiger partial charge < -0.3 is 20.8 Å². The van der Waals surface area contributed by atoms with Crippen LogP contribution in [0.25, 0.3) is 0 Å². The predicted molar refractivity (Wildman–Crippen MR) is 149 cm³/mol. The zero-order valence-electron chi connectivity index (χ0n) is 23.7. The van der Waals surface area contributed by atoms with E-state index in [1.807, 2.05) is 4.90 Å². The fourth-order valence-electron chi connectivity index (χ4n) is 7.25. The van der Waals surface area contributed by atoms with Crippen molar-refractivity contribution in [2.24, 2.45) is 29.4 Å². The number of allylic oxidation sites excluding steroid dienone is 2. The minimum absolute atomic E-state index is 0.00718. The van der Waals surface area contributed by atoms with Gasteiger partial charge in [-0.05, 0) is 75.7 Å². The number of benzene rings is 1. The summed E-state index contributed by atoms with van der Waals surface area (Å²) in [7, 11) is 6.73. The Kier molecular flexibility index (Phi) is 7.16. The van der Waals surface area contributed by atoms with Gasteiger partial charge in [-0.25, -0.2) is 0 Å². The van der Waals surface area contributed by atoms with E-state index in [0.717, 1.165) is 31.3 Å². The predicted octanol–water partition coefficient (Wildman–Crippen LogP) is 0.785. The summed E-state index contributed by atoms with van der Waals surface area (Å²) in [5.41, 5.74) is 4.99. The number of nitrogens with two attached hydrogens (primary N) is 1. The molecule has 0 aromatic heterocycles. The molecule has 5 rings (SSSR count). The smallest absolute Gasteiger partial charge is 0.235 e. The van der Waals surface area contributed by atoms with Crippen LogP contribution in [0.2, 0.25) is 0 Å². The van der Waals surface area contributed by atoms with Crippen molar-refractivity contribution in [1.82, 2.24) is 4.90 Å². The molecule has 4 aliphatic rings. The lowest BCUT2D eigenvalue weighted by Gasteiger charge is -2.52. The van der Waals surface area contributed by atoms with Crippen LogP contribution in [0.4, 0.5) is 5.69 Å². The van der Waals surface area contributed by atoms with E-state index in [1.54, 1.807) is 34.3 Å². The molecule has 1 aromatic carbocycles. The summed E-state index contributed by atoms with van der Waals surface area (Å²) in [5.74, 6) is -4.54. The number of fused-ring (bicyclic) bond motifs is 3. The molecule has 0 saturated heterocycles. The minimum Gasteiger partial charge on any atom is -0.506 e. The number of carbonyl (C=O) groups is 5. The minimum atomic E-state index is -2.75. The van der Waals surface area contributed by atoms with Crippen molar-refractivity contribution >= 4 is 34.7 Å². The molecule has 6 atom stereocenters. The van der Waals surface area contributed by atoms with E-state index < -0.39 is 64.4 Å². The first-order chi connectivity index (χ1) is 19.3. The molecule has 4 unspecified atom stereocenters. The quantitative estimate of drug-likeness (QED) is 0.358. The van der Waals surface area contributed by atoms with Crippen LogP contribution in [0.3, 0.4) is 0 Å². The van der Waals surface area contributed by atoms with Crippen molar-refractivity contribution in [2.75, 3.05) is 33.1 Å². The molecular weight excluding hydrogens is 526 g/mol. The molecule has 10 heteroatoms. The maximum Gasteiger partial charge on any atom is 0.235 e. The van der Waals surface area contributed by atoms with E-state index >= 15 is 0 Å². The number of likely N-dealkylation sites (N-methyl/N-ethyl adjacent to an activating group) is 1. The number of aliphatic hydroxyl groups is 1. The van der Waals surface area contributed by atoms with Crippen molar-refractivity contribution in [3.05, 3.63) is 34.4 Å². The molecule has 0 aliphatic heterocycles. The Balaban J connectivity index is 1.64. The Bertz CT molecular complexity index is 1480. The number of hydrogen-bond acceptors (Lipinski definition) is 9. The highest BCUT2D eigenvalue weighted by Gasteiger charge is 2.69. The highest BCUT2D eigenvalue weighted by molar-refractivity contribution is 6.32. The molecule has 2 fully saturated rings. The number of aromatic hydroxyl groups is 1. The highest BCUT2D eigenvalue weighted by atomic mass is 16.3. The molecule has 0 bridgehead atoms. The lowest BCUT2D eigenvalue weighted by Crippen LogP contribution is -2.74. The Hall–Kier alpha value is -3.81. The van der Waals surface area contributed by atoms with E-state index in [9.17, 15) is 34.2 Å². The fraction of sp³-hybridized carbons (Fsp3) is 0.516. The number of Topliss-reactive ketones (excluding diaryl/α,β-unsaturated/α-hetero) is 4. The third kappa shape index (κ3) is 4.30. The first-order valence-corrected chi connectivity index (χ1v) is 13.9. The Labute approximate surface area is 238 Å². The lowest BCUT2D eigenvalue weighted by molar-refractivity contribution is -0.181. The molecule has 2 saturated carbocycles. The van der Waals surface area contributed by atoms with Crippen LogP contribution in [-0.2, 0) is 25.6 Å². The van der Waals surface area contributed by atoms with Crippen molar-refractivity contribution in [3.8, 4) is 17.6 Å². The molecule has 0 heterocycles. The zero-order valence-corrected chi connectivity index (χ0v) is 23.7. The van der Waals surface area contributed by atoms with Gasteiger partial charge in [-0.3, -0.25) is 28.9 Å². The molecule has 4 aliphatic carbocycles. The molecule has 0 spiro atoms. The monoisotopic (exact) mass is 561 g/mol. The standard InChI is InChI=1S/C31H35N3O7/c1-33(2)20-14-16(11-10-15-8-6-5-7-9-15)25(35)22-18(20)12-17-13-19-24(34(3)4)27(37)23(30(32)40)29(39)31(19,41)28(38)21(17)26(22)36/h8,14,17,19,21,23-24,35,41H,5-7,9,12-13H2,1-4H3,(H2,32,40)/t17?,19?,21?,23?,24-,31-/m0/s1. The van der Waals surface area contributed by atoms with E-state index in [2.05, 4.69) is 17.9 Å². The molecule has 4 N–H and O–H groups in total. The fourth-order valence-corrected chi connectivity index (χ4v) is 7.25. The van der Waals surface area contributed by atoms with Crippen LogP contribution < -0.4 is 10.6 Å². The second-order valence-corrected chi connectivity index (χ2v) is 12.1. The molecule has 0 radical (unpaired) electrons. The van der Waals surface area contributed by atoms with Crippen LogP contribution in [0.1, 0.15) is 53.6 Å². The number of phenols is 1. The average molecular weight is 562 g/mol. The topological polar surface area (TPSA) is 158 Å². The number of rotatable bonds is 3. The SMILES string of the molecule is CN(C)c1cc(C#CC2=CCCCC2)c(O)c2c1CC1CC3[C@H](N(C)C)C(=O)C(C(N)=O)C(=O)[C@@]3(O)C(=O)C1C2=O. The lowest BCUT2D eigenvalue weighted by atomic mass is 9.52. The van der Waals surface area contributed by atoms with Crippen molar-refractivity contribution in [2.45, 2.75) is 50.2 Å². The number of phenolic OH excluding ortho intramolecular Hbond substituents is 1. The second kappa shape index (κ2) is 10.2. The highest BCUT2D eigenvalue weighted by Crippen LogP contribution is 2.52. The largest absolute Gasteiger partial charge is 0.506 e. The maximum absolute atomic E-state index is 14.1. The van der Waals surface area contributed by atoms with Crippen LogP contribution in [0.15, 0.2) is 17.7 Å². The van der Waals surface area contributed by atoms with Gasteiger partial charge in [-0.15, -0.1) is 0 Å². The number of anilines is 1. The summed E-state index contributed by atoms with van der Waals surface area (Å²) in [6.07, 6.45) is 6.18. The van der Waals surface area contributed by atoms with Gasteiger partial charge in [-0.1, -0.05) is 17.9 Å². The van der Waals surface area contributed by atoms with Crippen LogP contribution in [0, 0.1) is 35.5 Å². The van der Waals surface area contributed by atoms with Crippen molar-refractivity contribution < 1.29 is 34.2 Å². The molecule has 1 aromatic rings.